The minimum atomic E-state index is -3.81. The number of amides is 3. The molecule has 4 atom stereocenters. The molecule has 2 aliphatic heterocycles. The lowest BCUT2D eigenvalue weighted by Crippen LogP contribution is -2.53. The molecule has 10 nitrogen and oxygen atoms in total. The summed E-state index contributed by atoms with van der Waals surface area (Å²) >= 11 is 0.938. The van der Waals surface area contributed by atoms with E-state index in [-0.39, 0.29) is 83.9 Å². The third-order valence-corrected chi connectivity index (χ3v) is 10.4. The molecule has 3 amide bonds. The smallest absolute Gasteiger partial charge is 0.338 e. The first-order valence-electron chi connectivity index (χ1n) is 10.7. The van der Waals surface area contributed by atoms with Crippen LogP contribution < -0.4 is 0 Å². The number of fused-ring (bicyclic) bond motifs is 5. The monoisotopic (exact) mass is 493 g/mol. The van der Waals surface area contributed by atoms with E-state index in [4.69, 9.17) is 0 Å². The van der Waals surface area contributed by atoms with Crippen molar-refractivity contribution in [2.75, 3.05) is 39.8 Å². The zero-order chi connectivity index (χ0) is 23.5. The molecule has 2 saturated heterocycles. The number of methoxy groups -OCH3 is 1. The average molecular weight is 494 g/mol. The number of hydrogen-bond acceptors (Lipinski definition) is 8. The summed E-state index contributed by atoms with van der Waals surface area (Å²) < 4.78 is 31.7. The number of ether oxygens (including phenoxy) is 1. The Kier molecular flexibility index (Phi) is 5.41. The molecule has 0 radical (unpaired) electrons. The first-order valence-corrected chi connectivity index (χ1v) is 13.0. The van der Waals surface area contributed by atoms with E-state index >= 15 is 0 Å². The summed E-state index contributed by atoms with van der Waals surface area (Å²) in [7, 11) is -2.58. The van der Waals surface area contributed by atoms with Crippen LogP contribution >= 0.6 is 11.3 Å². The predicted molar refractivity (Wildman–Crippen MR) is 115 cm³/mol. The molecule has 4 aliphatic rings. The molecule has 12 heteroatoms. The largest absolute Gasteiger partial charge is 0.465 e. The Morgan fingerprint density at radius 1 is 1.06 bits per heavy atom. The van der Waals surface area contributed by atoms with Gasteiger partial charge in [-0.25, -0.2) is 13.2 Å². The summed E-state index contributed by atoms with van der Waals surface area (Å²) in [5.41, 5.74) is 0.170. The van der Waals surface area contributed by atoms with Crippen LogP contribution in [0.15, 0.2) is 27.8 Å². The van der Waals surface area contributed by atoms with Crippen LogP contribution in [0, 0.1) is 23.7 Å². The number of piperazine rings is 1. The minimum absolute atomic E-state index is 0.0331. The van der Waals surface area contributed by atoms with Crippen molar-refractivity contribution in [2.45, 2.75) is 10.6 Å². The van der Waals surface area contributed by atoms with E-state index in [1.54, 1.807) is 0 Å². The maximum absolute atomic E-state index is 12.9. The molecule has 2 bridgehead atoms. The summed E-state index contributed by atoms with van der Waals surface area (Å²) in [6.45, 7) is 0.179. The molecule has 3 fully saturated rings. The first kappa shape index (κ1) is 22.2. The second kappa shape index (κ2) is 8.03. The number of nitrogens with zero attached hydrogens (tertiary/aromatic N) is 3. The van der Waals surface area contributed by atoms with Crippen molar-refractivity contribution < 1.29 is 32.3 Å². The second-order valence-corrected chi connectivity index (χ2v) is 11.8. The molecule has 0 spiro atoms. The highest BCUT2D eigenvalue weighted by atomic mass is 32.2. The fourth-order valence-corrected chi connectivity index (χ4v) is 8.06. The van der Waals surface area contributed by atoms with Gasteiger partial charge in [0.15, 0.2) is 0 Å². The zero-order valence-electron chi connectivity index (χ0n) is 17.9. The summed E-state index contributed by atoms with van der Waals surface area (Å²) in [5, 5.41) is 1.43. The molecule has 0 N–H and O–H groups in total. The molecule has 1 saturated carbocycles. The van der Waals surface area contributed by atoms with E-state index in [0.717, 1.165) is 22.7 Å². The van der Waals surface area contributed by atoms with Gasteiger partial charge in [0.25, 0.3) is 10.0 Å². The SMILES string of the molecule is COC(=O)c1csc(S(=O)(=O)N2CCN(C(=O)CN3C(=O)C4C5C=CC(C5)C4C3=O)CC2)c1. The molecule has 33 heavy (non-hydrogen) atoms. The fourth-order valence-electron chi connectivity index (χ4n) is 5.34. The van der Waals surface area contributed by atoms with Gasteiger partial charge < -0.3 is 9.64 Å². The quantitative estimate of drug-likeness (QED) is 0.326. The van der Waals surface area contributed by atoms with Gasteiger partial charge in [-0.3, -0.25) is 19.3 Å². The van der Waals surface area contributed by atoms with E-state index in [2.05, 4.69) is 4.74 Å². The van der Waals surface area contributed by atoms with Crippen LogP contribution in [0.1, 0.15) is 16.8 Å². The number of hydrogen-bond donors (Lipinski definition) is 0. The zero-order valence-corrected chi connectivity index (χ0v) is 19.5. The highest BCUT2D eigenvalue weighted by Crippen LogP contribution is 2.52. The van der Waals surface area contributed by atoms with E-state index in [9.17, 15) is 27.6 Å². The molecule has 5 rings (SSSR count). The third kappa shape index (κ3) is 3.51. The predicted octanol–water partition coefficient (Wildman–Crippen LogP) is 0.175. The van der Waals surface area contributed by atoms with Gasteiger partial charge in [0.1, 0.15) is 10.8 Å². The first-order chi connectivity index (χ1) is 15.7. The number of thiophene rings is 1. The summed E-state index contributed by atoms with van der Waals surface area (Å²) in [6, 6.07) is 1.28. The molecular formula is C21H23N3O7S2. The van der Waals surface area contributed by atoms with Gasteiger partial charge in [0, 0.05) is 31.6 Å². The Hall–Kier alpha value is -2.57. The van der Waals surface area contributed by atoms with Crippen LogP contribution in [0.4, 0.5) is 0 Å². The van der Waals surface area contributed by atoms with Crippen molar-refractivity contribution in [3.63, 3.8) is 0 Å². The number of imide groups is 1. The standard InChI is InChI=1S/C21H23N3O7S2/c1-31-21(28)14-9-16(32-11-14)33(29,30)23-6-4-22(5-7-23)15(25)10-24-19(26)17-12-2-3-13(8-12)18(17)20(24)27/h2-3,9,11-13,17-18H,4-8,10H2,1H3. The van der Waals surface area contributed by atoms with Crippen molar-refractivity contribution in [2.24, 2.45) is 23.7 Å². The van der Waals surface area contributed by atoms with E-state index in [1.165, 1.54) is 27.8 Å². The molecule has 1 aromatic rings. The van der Waals surface area contributed by atoms with Crippen LogP contribution in [0.3, 0.4) is 0 Å². The van der Waals surface area contributed by atoms with Crippen molar-refractivity contribution in [1.82, 2.24) is 14.1 Å². The minimum Gasteiger partial charge on any atom is -0.465 e. The molecule has 176 valence electrons. The topological polar surface area (TPSA) is 121 Å². The van der Waals surface area contributed by atoms with E-state index < -0.39 is 16.0 Å². The van der Waals surface area contributed by atoms with Crippen LogP contribution in [-0.4, -0.2) is 86.0 Å². The molecule has 3 heterocycles. The Morgan fingerprint density at radius 2 is 1.67 bits per heavy atom. The highest BCUT2D eigenvalue weighted by Gasteiger charge is 2.59. The van der Waals surface area contributed by atoms with Crippen molar-refractivity contribution >= 4 is 45.1 Å². The van der Waals surface area contributed by atoms with Gasteiger partial charge >= 0.3 is 5.97 Å². The van der Waals surface area contributed by atoms with Gasteiger partial charge in [-0.15, -0.1) is 11.3 Å². The molecular weight excluding hydrogens is 470 g/mol. The van der Waals surface area contributed by atoms with Crippen molar-refractivity contribution in [3.8, 4) is 0 Å². The highest BCUT2D eigenvalue weighted by molar-refractivity contribution is 7.91. The fraction of sp³-hybridized carbons (Fsp3) is 0.524. The van der Waals surface area contributed by atoms with Crippen molar-refractivity contribution in [1.29, 1.82) is 0 Å². The van der Waals surface area contributed by atoms with Gasteiger partial charge in [-0.05, 0) is 24.3 Å². The Balaban J connectivity index is 1.20. The molecule has 1 aromatic heterocycles. The number of carbonyl (C=O) groups excluding carboxylic acids is 4. The Bertz CT molecular complexity index is 1140. The van der Waals surface area contributed by atoms with Crippen molar-refractivity contribution in [3.05, 3.63) is 29.2 Å². The number of rotatable bonds is 5. The maximum atomic E-state index is 12.9. The number of carbonyl (C=O) groups is 4. The summed E-state index contributed by atoms with van der Waals surface area (Å²) in [5.74, 6) is -2.03. The van der Waals surface area contributed by atoms with Crippen LogP contribution in [-0.2, 0) is 29.1 Å². The lowest BCUT2D eigenvalue weighted by atomic mass is 9.85. The number of sulfonamides is 1. The van der Waals surface area contributed by atoms with E-state index in [1.807, 2.05) is 12.2 Å². The number of likely N-dealkylation sites (tertiary alicyclic amines) is 1. The maximum Gasteiger partial charge on any atom is 0.338 e. The normalized spacial score (nSPS) is 29.1. The summed E-state index contributed by atoms with van der Waals surface area (Å²) in [6.07, 6.45) is 4.84. The summed E-state index contributed by atoms with van der Waals surface area (Å²) in [4.78, 5) is 52.6. The molecule has 0 aromatic carbocycles. The number of esters is 1. The van der Waals surface area contributed by atoms with Gasteiger partial charge in [-0.1, -0.05) is 12.2 Å². The Morgan fingerprint density at radius 3 is 2.24 bits per heavy atom. The van der Waals surface area contributed by atoms with Gasteiger partial charge in [-0.2, -0.15) is 4.31 Å². The van der Waals surface area contributed by atoms with Gasteiger partial charge in [0.2, 0.25) is 17.7 Å². The average Bonchev–Trinajstić information content (AvgIpc) is 3.60. The second-order valence-electron chi connectivity index (χ2n) is 8.69. The lowest BCUT2D eigenvalue weighted by Gasteiger charge is -2.34. The van der Waals surface area contributed by atoms with Crippen LogP contribution in [0.5, 0.6) is 0 Å². The van der Waals surface area contributed by atoms with Gasteiger partial charge in [0.05, 0.1) is 24.5 Å². The molecule has 4 unspecified atom stereocenters. The molecule has 2 aliphatic carbocycles. The van der Waals surface area contributed by atoms with E-state index in [0.29, 0.717) is 0 Å². The Labute approximate surface area is 194 Å². The van der Waals surface area contributed by atoms with Crippen LogP contribution in [0.2, 0.25) is 0 Å². The van der Waals surface area contributed by atoms with Crippen LogP contribution in [0.25, 0.3) is 0 Å². The number of allylic oxidation sites excluding steroid dienone is 2. The lowest BCUT2D eigenvalue weighted by molar-refractivity contribution is -0.147. The third-order valence-electron chi connectivity index (χ3n) is 7.04.